The van der Waals surface area contributed by atoms with Crippen molar-refractivity contribution in [2.24, 2.45) is 0 Å². The van der Waals surface area contributed by atoms with E-state index in [1.807, 2.05) is 13.0 Å². The van der Waals surface area contributed by atoms with Gasteiger partial charge in [0, 0.05) is 49.2 Å². The number of halogens is 1. The van der Waals surface area contributed by atoms with Crippen molar-refractivity contribution in [2.45, 2.75) is 20.4 Å². The number of aryl methyl sites for hydroxylation is 1. The zero-order valence-corrected chi connectivity index (χ0v) is 15.1. The Hall–Kier alpha value is -2.05. The summed E-state index contributed by atoms with van der Waals surface area (Å²) in [4.78, 5) is 27.5. The minimum Gasteiger partial charge on any atom is -0.450 e. The molecule has 0 aliphatic carbocycles. The van der Waals surface area contributed by atoms with Crippen LogP contribution in [0.5, 0.6) is 0 Å². The van der Waals surface area contributed by atoms with Gasteiger partial charge in [-0.2, -0.15) is 0 Å². The lowest BCUT2D eigenvalue weighted by molar-refractivity contribution is 0.0779. The first kappa shape index (κ1) is 17.8. The second-order valence-electron chi connectivity index (χ2n) is 6.15. The van der Waals surface area contributed by atoms with Crippen LogP contribution in [0.3, 0.4) is 0 Å². The first-order valence-electron chi connectivity index (χ1n) is 8.35. The van der Waals surface area contributed by atoms with Gasteiger partial charge in [-0.05, 0) is 37.1 Å². The summed E-state index contributed by atoms with van der Waals surface area (Å²) in [5, 5.41) is 1.50. The lowest BCUT2D eigenvalue weighted by Crippen LogP contribution is -2.48. The van der Waals surface area contributed by atoms with Crippen LogP contribution in [0.2, 0.25) is 5.02 Å². The molecule has 1 aromatic heterocycles. The van der Waals surface area contributed by atoms with Gasteiger partial charge in [0.05, 0.1) is 6.61 Å². The minimum absolute atomic E-state index is 0.268. The van der Waals surface area contributed by atoms with Crippen LogP contribution in [-0.2, 0) is 11.3 Å². The Morgan fingerprint density at radius 3 is 2.64 bits per heavy atom. The molecule has 0 saturated carbocycles. The van der Waals surface area contributed by atoms with Crippen molar-refractivity contribution in [1.82, 2.24) is 9.80 Å². The van der Waals surface area contributed by atoms with E-state index in [4.69, 9.17) is 20.8 Å². The molecule has 2 aromatic rings. The smallest absolute Gasteiger partial charge is 0.409 e. The monoisotopic (exact) mass is 364 g/mol. The van der Waals surface area contributed by atoms with Crippen molar-refractivity contribution >= 4 is 28.7 Å². The van der Waals surface area contributed by atoms with Crippen LogP contribution in [0.25, 0.3) is 11.0 Å². The van der Waals surface area contributed by atoms with Gasteiger partial charge < -0.3 is 14.1 Å². The first-order chi connectivity index (χ1) is 12.0. The van der Waals surface area contributed by atoms with Crippen molar-refractivity contribution in [3.05, 3.63) is 44.8 Å². The number of amides is 1. The van der Waals surface area contributed by atoms with E-state index in [9.17, 15) is 9.59 Å². The maximum atomic E-state index is 11.9. The summed E-state index contributed by atoms with van der Waals surface area (Å²) in [5.41, 5.74) is 1.94. The summed E-state index contributed by atoms with van der Waals surface area (Å²) >= 11 is 6.23. The Kier molecular flexibility index (Phi) is 5.30. The van der Waals surface area contributed by atoms with Crippen molar-refractivity contribution in [3.8, 4) is 0 Å². The predicted octanol–water partition coefficient (Wildman–Crippen LogP) is 3.03. The molecule has 1 aliphatic rings. The molecule has 3 rings (SSSR count). The average molecular weight is 365 g/mol. The van der Waals surface area contributed by atoms with Gasteiger partial charge >= 0.3 is 11.7 Å². The van der Waals surface area contributed by atoms with Crippen LogP contribution in [0.1, 0.15) is 18.1 Å². The quantitative estimate of drug-likeness (QED) is 0.783. The summed E-state index contributed by atoms with van der Waals surface area (Å²) in [7, 11) is 0. The number of hydrogen-bond donors (Lipinski definition) is 0. The van der Waals surface area contributed by atoms with Crippen LogP contribution in [0.4, 0.5) is 4.79 Å². The highest BCUT2D eigenvalue weighted by Crippen LogP contribution is 2.26. The number of fused-ring (bicyclic) bond motifs is 1. The molecule has 0 unspecified atom stereocenters. The van der Waals surface area contributed by atoms with Gasteiger partial charge in [0.15, 0.2) is 0 Å². The summed E-state index contributed by atoms with van der Waals surface area (Å²) in [6.07, 6.45) is -0.268. The Balaban J connectivity index is 1.77. The van der Waals surface area contributed by atoms with Crippen LogP contribution < -0.4 is 5.63 Å². The largest absolute Gasteiger partial charge is 0.450 e. The Bertz CT molecular complexity index is 841. The topological polar surface area (TPSA) is 63.0 Å². The molecule has 1 saturated heterocycles. The molecule has 2 heterocycles. The molecule has 0 bridgehead atoms. The molecule has 0 radical (unpaired) electrons. The highest BCUT2D eigenvalue weighted by molar-refractivity contribution is 6.32. The Morgan fingerprint density at radius 1 is 1.24 bits per heavy atom. The fourth-order valence-corrected chi connectivity index (χ4v) is 3.19. The second kappa shape index (κ2) is 7.45. The summed E-state index contributed by atoms with van der Waals surface area (Å²) in [6, 6.07) is 5.16. The Labute approximate surface area is 150 Å². The van der Waals surface area contributed by atoms with E-state index in [0.29, 0.717) is 36.8 Å². The number of carbonyl (C=O) groups is 1. The van der Waals surface area contributed by atoms with E-state index in [-0.39, 0.29) is 11.7 Å². The average Bonchev–Trinajstić information content (AvgIpc) is 2.57. The van der Waals surface area contributed by atoms with E-state index >= 15 is 0 Å². The minimum atomic E-state index is -0.366. The van der Waals surface area contributed by atoms with Gasteiger partial charge in [0.25, 0.3) is 0 Å². The summed E-state index contributed by atoms with van der Waals surface area (Å²) in [5.74, 6) is 0. The number of nitrogens with zero attached hydrogens (tertiary/aromatic N) is 2. The Morgan fingerprint density at radius 2 is 1.96 bits per heavy atom. The molecule has 1 amide bonds. The number of hydrogen-bond acceptors (Lipinski definition) is 5. The maximum Gasteiger partial charge on any atom is 0.409 e. The van der Waals surface area contributed by atoms with Gasteiger partial charge in [0.1, 0.15) is 5.58 Å². The fraction of sp³-hybridized carbons (Fsp3) is 0.444. The second-order valence-corrected chi connectivity index (χ2v) is 6.56. The van der Waals surface area contributed by atoms with Crippen LogP contribution >= 0.6 is 11.6 Å². The summed E-state index contributed by atoms with van der Waals surface area (Å²) < 4.78 is 10.3. The van der Waals surface area contributed by atoms with E-state index in [1.165, 1.54) is 6.07 Å². The highest BCUT2D eigenvalue weighted by atomic mass is 35.5. The van der Waals surface area contributed by atoms with Crippen molar-refractivity contribution in [1.29, 1.82) is 0 Å². The molecule has 1 aliphatic heterocycles. The molecule has 1 fully saturated rings. The molecule has 7 heteroatoms. The lowest BCUT2D eigenvalue weighted by Gasteiger charge is -2.34. The van der Waals surface area contributed by atoms with Crippen LogP contribution in [0, 0.1) is 6.92 Å². The molecule has 25 heavy (non-hydrogen) atoms. The number of rotatable bonds is 3. The first-order valence-corrected chi connectivity index (χ1v) is 8.72. The standard InChI is InChI=1S/C18H21ClN2O4/c1-3-24-18(23)21-6-4-20(5-7-21)11-13-9-17(22)25-16-8-12(2)15(19)10-14(13)16/h8-10H,3-7,11H2,1-2H3. The molecular formula is C18H21ClN2O4. The van der Waals surface area contributed by atoms with E-state index < -0.39 is 0 Å². The molecule has 134 valence electrons. The maximum absolute atomic E-state index is 11.9. The highest BCUT2D eigenvalue weighted by Gasteiger charge is 2.22. The SMILES string of the molecule is CCOC(=O)N1CCN(Cc2cc(=O)oc3cc(C)c(Cl)cc23)CC1. The molecule has 6 nitrogen and oxygen atoms in total. The van der Waals surface area contributed by atoms with Crippen LogP contribution in [0.15, 0.2) is 27.4 Å². The van der Waals surface area contributed by atoms with E-state index in [2.05, 4.69) is 4.90 Å². The molecule has 0 N–H and O–H groups in total. The molecule has 0 atom stereocenters. The lowest BCUT2D eigenvalue weighted by atomic mass is 10.1. The predicted molar refractivity (Wildman–Crippen MR) is 96.1 cm³/mol. The number of piperazine rings is 1. The van der Waals surface area contributed by atoms with Gasteiger partial charge in [-0.15, -0.1) is 0 Å². The molecule has 1 aromatic carbocycles. The molecular weight excluding hydrogens is 344 g/mol. The van der Waals surface area contributed by atoms with Crippen LogP contribution in [-0.4, -0.2) is 48.7 Å². The third-order valence-corrected chi connectivity index (χ3v) is 4.81. The summed E-state index contributed by atoms with van der Waals surface area (Å²) in [6.45, 7) is 7.33. The number of ether oxygens (including phenoxy) is 1. The van der Waals surface area contributed by atoms with Gasteiger partial charge in [-0.1, -0.05) is 11.6 Å². The number of benzene rings is 1. The van der Waals surface area contributed by atoms with Crippen molar-refractivity contribution in [2.75, 3.05) is 32.8 Å². The van der Waals surface area contributed by atoms with Crippen molar-refractivity contribution in [3.63, 3.8) is 0 Å². The van der Waals surface area contributed by atoms with Gasteiger partial charge in [-0.3, -0.25) is 4.90 Å². The normalized spacial score (nSPS) is 15.6. The third kappa shape index (κ3) is 3.96. The zero-order chi connectivity index (χ0) is 18.0. The number of carbonyl (C=O) groups excluding carboxylic acids is 1. The third-order valence-electron chi connectivity index (χ3n) is 4.40. The van der Waals surface area contributed by atoms with E-state index in [1.54, 1.807) is 17.9 Å². The van der Waals surface area contributed by atoms with Gasteiger partial charge in [0.2, 0.25) is 0 Å². The molecule has 0 spiro atoms. The zero-order valence-electron chi connectivity index (χ0n) is 14.4. The fourth-order valence-electron chi connectivity index (χ4n) is 3.02. The van der Waals surface area contributed by atoms with E-state index in [0.717, 1.165) is 29.6 Å². The van der Waals surface area contributed by atoms with Gasteiger partial charge in [-0.25, -0.2) is 9.59 Å². The van der Waals surface area contributed by atoms with Crippen molar-refractivity contribution < 1.29 is 13.9 Å².